The lowest BCUT2D eigenvalue weighted by Crippen LogP contribution is -2.51. The molecule has 22 heavy (non-hydrogen) atoms. The number of furan rings is 1. The zero-order valence-electron chi connectivity index (χ0n) is 13.3. The maximum atomic E-state index is 10.1. The zero-order chi connectivity index (χ0) is 15.2. The summed E-state index contributed by atoms with van der Waals surface area (Å²) in [5.74, 6) is 0.803. The summed E-state index contributed by atoms with van der Waals surface area (Å²) in [5.41, 5.74) is 0. The average Bonchev–Trinajstić information content (AvgIpc) is 3.21. The molecule has 1 unspecified atom stereocenters. The molecule has 2 heterocycles. The van der Waals surface area contributed by atoms with E-state index >= 15 is 0 Å². The summed E-state index contributed by atoms with van der Waals surface area (Å²) in [5, 5.41) is 10.1. The van der Waals surface area contributed by atoms with Gasteiger partial charge in [-0.1, -0.05) is 12.8 Å². The third-order valence-corrected chi connectivity index (χ3v) is 4.85. The first-order valence-electron chi connectivity index (χ1n) is 8.56. The number of nitrogens with zero attached hydrogens (tertiary/aromatic N) is 2. The molecule has 1 aromatic rings. The van der Waals surface area contributed by atoms with Crippen LogP contribution in [0.25, 0.3) is 0 Å². The van der Waals surface area contributed by atoms with Gasteiger partial charge in [-0.15, -0.1) is 0 Å². The van der Waals surface area contributed by atoms with E-state index in [0.717, 1.165) is 38.0 Å². The predicted molar refractivity (Wildman–Crippen MR) is 84.6 cm³/mol. The molecular formula is C17H28N2O3. The fourth-order valence-electron chi connectivity index (χ4n) is 3.62. The highest BCUT2D eigenvalue weighted by Gasteiger charge is 2.26. The minimum atomic E-state index is -0.423. The van der Waals surface area contributed by atoms with E-state index in [0.29, 0.717) is 19.8 Å². The van der Waals surface area contributed by atoms with Crippen LogP contribution in [-0.2, 0) is 11.3 Å². The fraction of sp³-hybridized carbons (Fsp3) is 0.765. The van der Waals surface area contributed by atoms with Gasteiger partial charge >= 0.3 is 0 Å². The Balaban J connectivity index is 1.30. The van der Waals surface area contributed by atoms with E-state index in [1.807, 2.05) is 12.1 Å². The van der Waals surface area contributed by atoms with Gasteiger partial charge in [0.2, 0.25) is 0 Å². The molecule has 0 aromatic carbocycles. The second kappa shape index (κ2) is 8.11. The Bertz CT molecular complexity index is 410. The Kier molecular flexibility index (Phi) is 5.89. The first-order chi connectivity index (χ1) is 10.8. The Morgan fingerprint density at radius 2 is 2.00 bits per heavy atom. The smallest absolute Gasteiger partial charge is 0.129 e. The number of aliphatic hydroxyl groups excluding tert-OH is 1. The summed E-state index contributed by atoms with van der Waals surface area (Å²) >= 11 is 0. The molecule has 1 saturated carbocycles. The number of hydrogen-bond acceptors (Lipinski definition) is 5. The lowest BCUT2D eigenvalue weighted by Gasteiger charge is -2.38. The minimum Gasteiger partial charge on any atom is -0.467 e. The van der Waals surface area contributed by atoms with Gasteiger partial charge in [-0.2, -0.15) is 0 Å². The van der Waals surface area contributed by atoms with Crippen LogP contribution in [0, 0.1) is 0 Å². The van der Waals surface area contributed by atoms with Crippen LogP contribution >= 0.6 is 0 Å². The van der Waals surface area contributed by atoms with Gasteiger partial charge in [-0.05, 0) is 25.0 Å². The van der Waals surface area contributed by atoms with Gasteiger partial charge in [-0.3, -0.25) is 9.80 Å². The summed E-state index contributed by atoms with van der Waals surface area (Å²) in [6.45, 7) is 5.91. The van der Waals surface area contributed by atoms with Crippen molar-refractivity contribution in [1.82, 2.24) is 9.80 Å². The number of rotatable bonds is 7. The van der Waals surface area contributed by atoms with Gasteiger partial charge in [0, 0.05) is 38.8 Å². The van der Waals surface area contributed by atoms with Crippen molar-refractivity contribution in [2.45, 2.75) is 44.4 Å². The molecule has 1 saturated heterocycles. The first kappa shape index (κ1) is 16.0. The molecule has 0 bridgehead atoms. The van der Waals surface area contributed by atoms with E-state index in [-0.39, 0.29) is 0 Å². The first-order valence-corrected chi connectivity index (χ1v) is 8.56. The standard InChI is InChI=1S/C17H28N2O3/c20-16(13-21-14-17-6-3-11-22-17)12-18-7-9-19(10-8-18)15-4-1-2-5-15/h3,6,11,15-16,20H,1-2,4-5,7-10,12-14H2. The Labute approximate surface area is 132 Å². The van der Waals surface area contributed by atoms with Crippen LogP contribution in [0.4, 0.5) is 0 Å². The molecule has 0 radical (unpaired) electrons. The molecule has 5 heteroatoms. The summed E-state index contributed by atoms with van der Waals surface area (Å²) in [6, 6.07) is 4.55. The van der Waals surface area contributed by atoms with Crippen molar-refractivity contribution < 1.29 is 14.3 Å². The lowest BCUT2D eigenvalue weighted by molar-refractivity contribution is -0.00539. The molecule has 1 N–H and O–H groups in total. The van der Waals surface area contributed by atoms with Crippen LogP contribution in [0.15, 0.2) is 22.8 Å². The van der Waals surface area contributed by atoms with Crippen LogP contribution in [0.5, 0.6) is 0 Å². The van der Waals surface area contributed by atoms with Crippen molar-refractivity contribution in [3.8, 4) is 0 Å². The molecule has 0 spiro atoms. The highest BCUT2D eigenvalue weighted by atomic mass is 16.5. The monoisotopic (exact) mass is 308 g/mol. The topological polar surface area (TPSA) is 49.1 Å². The van der Waals surface area contributed by atoms with Crippen LogP contribution in [0.1, 0.15) is 31.4 Å². The second-order valence-electron chi connectivity index (χ2n) is 6.52. The molecule has 124 valence electrons. The zero-order valence-corrected chi connectivity index (χ0v) is 13.3. The van der Waals surface area contributed by atoms with Gasteiger partial charge in [0.05, 0.1) is 19.0 Å². The summed E-state index contributed by atoms with van der Waals surface area (Å²) in [6.07, 6.45) is 6.77. The highest BCUT2D eigenvalue weighted by Crippen LogP contribution is 2.24. The molecule has 1 aliphatic heterocycles. The number of aliphatic hydroxyl groups is 1. The van der Waals surface area contributed by atoms with Crippen molar-refractivity contribution in [1.29, 1.82) is 0 Å². The molecule has 2 aliphatic rings. The van der Waals surface area contributed by atoms with Crippen LogP contribution in [0.3, 0.4) is 0 Å². The van der Waals surface area contributed by atoms with E-state index < -0.39 is 6.10 Å². The van der Waals surface area contributed by atoms with Crippen molar-refractivity contribution in [2.24, 2.45) is 0 Å². The van der Waals surface area contributed by atoms with Gasteiger partial charge in [-0.25, -0.2) is 0 Å². The van der Waals surface area contributed by atoms with Gasteiger partial charge in [0.15, 0.2) is 0 Å². The van der Waals surface area contributed by atoms with E-state index in [1.54, 1.807) is 6.26 Å². The minimum absolute atomic E-state index is 0.365. The quantitative estimate of drug-likeness (QED) is 0.831. The van der Waals surface area contributed by atoms with Crippen LogP contribution in [0.2, 0.25) is 0 Å². The normalized spacial score (nSPS) is 23.1. The highest BCUT2D eigenvalue weighted by molar-refractivity contribution is 4.96. The fourth-order valence-corrected chi connectivity index (χ4v) is 3.62. The number of hydrogen-bond donors (Lipinski definition) is 1. The van der Waals surface area contributed by atoms with Crippen molar-refractivity contribution in [3.05, 3.63) is 24.2 Å². The van der Waals surface area contributed by atoms with Gasteiger partial charge < -0.3 is 14.3 Å². The van der Waals surface area contributed by atoms with Crippen molar-refractivity contribution in [2.75, 3.05) is 39.3 Å². The number of piperazine rings is 1. The van der Waals surface area contributed by atoms with E-state index in [1.165, 1.54) is 25.7 Å². The number of β-amino-alcohol motifs (C(OH)–C–C–N with tert-alkyl or cyclic N) is 1. The van der Waals surface area contributed by atoms with Crippen LogP contribution < -0.4 is 0 Å². The number of ether oxygens (including phenoxy) is 1. The Hall–Kier alpha value is -0.880. The second-order valence-corrected chi connectivity index (χ2v) is 6.52. The lowest BCUT2D eigenvalue weighted by atomic mass is 10.1. The van der Waals surface area contributed by atoms with E-state index in [9.17, 15) is 5.11 Å². The summed E-state index contributed by atoms with van der Waals surface area (Å²) in [4.78, 5) is 5.00. The largest absolute Gasteiger partial charge is 0.467 e. The summed E-state index contributed by atoms with van der Waals surface area (Å²) < 4.78 is 10.7. The maximum Gasteiger partial charge on any atom is 0.129 e. The molecule has 1 atom stereocenters. The maximum absolute atomic E-state index is 10.1. The third-order valence-electron chi connectivity index (χ3n) is 4.85. The van der Waals surface area contributed by atoms with E-state index in [2.05, 4.69) is 9.80 Å². The van der Waals surface area contributed by atoms with E-state index in [4.69, 9.17) is 9.15 Å². The van der Waals surface area contributed by atoms with Gasteiger partial charge in [0.1, 0.15) is 12.4 Å². The molecule has 5 nitrogen and oxygen atoms in total. The van der Waals surface area contributed by atoms with Crippen molar-refractivity contribution >= 4 is 0 Å². The summed E-state index contributed by atoms with van der Waals surface area (Å²) in [7, 11) is 0. The molecule has 1 aliphatic carbocycles. The third kappa shape index (κ3) is 4.56. The SMILES string of the molecule is OC(COCc1ccco1)CN1CCN(C2CCCC2)CC1. The molecule has 2 fully saturated rings. The molecule has 0 amide bonds. The van der Waals surface area contributed by atoms with Gasteiger partial charge in [0.25, 0.3) is 0 Å². The average molecular weight is 308 g/mol. The predicted octanol–water partition coefficient (Wildman–Crippen LogP) is 1.72. The Morgan fingerprint density at radius 3 is 2.68 bits per heavy atom. The molecule has 1 aromatic heterocycles. The van der Waals surface area contributed by atoms with Crippen LogP contribution in [-0.4, -0.2) is 66.4 Å². The Morgan fingerprint density at radius 1 is 1.23 bits per heavy atom. The van der Waals surface area contributed by atoms with Crippen molar-refractivity contribution in [3.63, 3.8) is 0 Å². The molecular weight excluding hydrogens is 280 g/mol. The molecule has 3 rings (SSSR count).